The predicted molar refractivity (Wildman–Crippen MR) is 87.3 cm³/mol. The Hall–Kier alpha value is -1.62. The lowest BCUT2D eigenvalue weighted by atomic mass is 10.3. The van der Waals surface area contributed by atoms with Crippen LogP contribution in [0.1, 0.15) is 0 Å². The Kier molecular flexibility index (Phi) is 3.87. The molecule has 1 aliphatic heterocycles. The van der Waals surface area contributed by atoms with E-state index in [4.69, 9.17) is 11.6 Å². The molecule has 0 radical (unpaired) electrons. The van der Waals surface area contributed by atoms with Crippen molar-refractivity contribution in [2.45, 2.75) is 9.79 Å². The van der Waals surface area contributed by atoms with Crippen LogP contribution in [0.5, 0.6) is 0 Å². The van der Waals surface area contributed by atoms with Gasteiger partial charge in [-0.25, -0.2) is 16.8 Å². The van der Waals surface area contributed by atoms with Crippen LogP contribution in [0.4, 0.5) is 11.4 Å². The molecule has 1 aliphatic rings. The summed E-state index contributed by atoms with van der Waals surface area (Å²) in [5.74, 6) is -1.30. The maximum atomic E-state index is 12.3. The molecule has 0 aliphatic carbocycles. The van der Waals surface area contributed by atoms with Crippen molar-refractivity contribution in [3.8, 4) is 0 Å². The second-order valence-corrected chi connectivity index (χ2v) is 9.81. The second kappa shape index (κ2) is 5.48. The predicted octanol–water partition coefficient (Wildman–Crippen LogP) is 1.93. The van der Waals surface area contributed by atoms with Crippen LogP contribution in [0.15, 0.2) is 39.4 Å². The molecule has 0 saturated carbocycles. The van der Waals surface area contributed by atoms with Crippen molar-refractivity contribution in [3.63, 3.8) is 0 Å². The molecular weight excluding hydrogens is 384 g/mol. The molecule has 1 aromatic heterocycles. The zero-order valence-corrected chi connectivity index (χ0v) is 14.4. The molecule has 23 heavy (non-hydrogen) atoms. The third-order valence-electron chi connectivity index (χ3n) is 3.04. The van der Waals surface area contributed by atoms with Crippen LogP contribution in [0, 0.1) is 0 Å². The number of hydrogen-bond donors (Lipinski definition) is 2. The van der Waals surface area contributed by atoms with Crippen LogP contribution in [0.2, 0.25) is 4.34 Å². The summed E-state index contributed by atoms with van der Waals surface area (Å²) < 4.78 is 51.0. The van der Waals surface area contributed by atoms with Crippen molar-refractivity contribution in [2.24, 2.45) is 0 Å². The maximum Gasteiger partial charge on any atom is 0.264 e. The lowest BCUT2D eigenvalue weighted by molar-refractivity contribution is -0.114. The van der Waals surface area contributed by atoms with E-state index in [2.05, 4.69) is 10.0 Å². The number of carbonyl (C=O) groups excluding carboxylic acids is 1. The van der Waals surface area contributed by atoms with Gasteiger partial charge in [-0.15, -0.1) is 11.3 Å². The summed E-state index contributed by atoms with van der Waals surface area (Å²) in [7, 11) is -7.73. The molecule has 1 aromatic carbocycles. The molecule has 0 unspecified atom stereocenters. The van der Waals surface area contributed by atoms with Crippen molar-refractivity contribution in [1.82, 2.24) is 0 Å². The topological polar surface area (TPSA) is 109 Å². The normalized spacial score (nSPS) is 16.5. The fourth-order valence-corrected chi connectivity index (χ4v) is 6.00. The summed E-state index contributed by atoms with van der Waals surface area (Å²) in [6.45, 7) is 0. The van der Waals surface area contributed by atoms with E-state index in [9.17, 15) is 21.6 Å². The molecule has 0 atom stereocenters. The van der Waals surface area contributed by atoms with Gasteiger partial charge < -0.3 is 5.32 Å². The first-order valence-corrected chi connectivity index (χ1v) is 10.5. The van der Waals surface area contributed by atoms with Crippen LogP contribution >= 0.6 is 22.9 Å². The van der Waals surface area contributed by atoms with Gasteiger partial charge in [-0.2, -0.15) is 0 Å². The summed E-state index contributed by atoms with van der Waals surface area (Å²) in [4.78, 5) is 11.1. The Morgan fingerprint density at radius 2 is 2.00 bits per heavy atom. The Bertz CT molecular complexity index is 1010. The van der Waals surface area contributed by atoms with Crippen molar-refractivity contribution in [1.29, 1.82) is 0 Å². The van der Waals surface area contributed by atoms with E-state index in [1.165, 1.54) is 29.6 Å². The van der Waals surface area contributed by atoms with E-state index >= 15 is 0 Å². The van der Waals surface area contributed by atoms with Crippen LogP contribution < -0.4 is 10.0 Å². The smallest absolute Gasteiger partial charge is 0.264 e. The van der Waals surface area contributed by atoms with Crippen LogP contribution in [0.25, 0.3) is 0 Å². The number of fused-ring (bicyclic) bond motifs is 1. The lowest BCUT2D eigenvalue weighted by Gasteiger charge is -2.18. The first-order chi connectivity index (χ1) is 10.7. The number of nitrogens with one attached hydrogen (secondary N) is 2. The number of amides is 1. The quantitative estimate of drug-likeness (QED) is 0.829. The van der Waals surface area contributed by atoms with E-state index in [0.29, 0.717) is 0 Å². The Morgan fingerprint density at radius 3 is 2.65 bits per heavy atom. The number of carbonyl (C=O) groups is 1. The Balaban J connectivity index is 2.01. The van der Waals surface area contributed by atoms with Crippen LogP contribution in [-0.4, -0.2) is 28.5 Å². The van der Waals surface area contributed by atoms with Crippen molar-refractivity contribution >= 4 is 60.1 Å². The van der Waals surface area contributed by atoms with Gasteiger partial charge in [0.15, 0.2) is 9.84 Å². The molecule has 2 heterocycles. The first-order valence-electron chi connectivity index (χ1n) is 6.11. The van der Waals surface area contributed by atoms with E-state index in [0.717, 1.165) is 11.3 Å². The summed E-state index contributed by atoms with van der Waals surface area (Å²) in [6.07, 6.45) is 0. The van der Waals surface area contributed by atoms with Crippen molar-refractivity contribution < 1.29 is 21.6 Å². The monoisotopic (exact) mass is 392 g/mol. The van der Waals surface area contributed by atoms with Gasteiger partial charge in [-0.05, 0) is 29.6 Å². The van der Waals surface area contributed by atoms with Crippen molar-refractivity contribution in [2.75, 3.05) is 15.8 Å². The number of thiophene rings is 1. The summed E-state index contributed by atoms with van der Waals surface area (Å²) in [6, 6.07) is 5.21. The van der Waals surface area contributed by atoms with Gasteiger partial charge in [0.1, 0.15) is 15.0 Å². The molecule has 1 amide bonds. The highest BCUT2D eigenvalue weighted by atomic mass is 35.5. The van der Waals surface area contributed by atoms with Crippen LogP contribution in [-0.2, 0) is 24.7 Å². The largest absolute Gasteiger partial charge is 0.324 e. The zero-order chi connectivity index (χ0) is 16.8. The minimum Gasteiger partial charge on any atom is -0.324 e. The number of sulfonamides is 1. The third kappa shape index (κ3) is 3.07. The van der Waals surface area contributed by atoms with Crippen molar-refractivity contribution in [3.05, 3.63) is 34.0 Å². The van der Waals surface area contributed by atoms with Gasteiger partial charge in [0, 0.05) is 0 Å². The average Bonchev–Trinajstić information content (AvgIpc) is 2.85. The highest BCUT2D eigenvalue weighted by Crippen LogP contribution is 2.32. The molecule has 3 rings (SSSR count). The van der Waals surface area contributed by atoms with E-state index in [-0.39, 0.29) is 25.5 Å². The number of hydrogen-bond acceptors (Lipinski definition) is 6. The second-order valence-electron chi connectivity index (χ2n) is 4.68. The van der Waals surface area contributed by atoms with E-state index < -0.39 is 31.5 Å². The highest BCUT2D eigenvalue weighted by Gasteiger charge is 2.29. The fourth-order valence-electron chi connectivity index (χ4n) is 2.07. The lowest BCUT2D eigenvalue weighted by Crippen LogP contribution is -2.29. The molecule has 122 valence electrons. The number of benzene rings is 1. The van der Waals surface area contributed by atoms with Crippen LogP contribution in [0.3, 0.4) is 0 Å². The first kappa shape index (κ1) is 16.2. The maximum absolute atomic E-state index is 12.3. The molecule has 11 heteroatoms. The molecular formula is C12H9ClN2O5S3. The minimum absolute atomic E-state index is 0.0609. The minimum atomic E-state index is -3.93. The van der Waals surface area contributed by atoms with E-state index in [1.807, 2.05) is 0 Å². The number of sulfone groups is 1. The van der Waals surface area contributed by atoms with Gasteiger partial charge in [0.2, 0.25) is 5.91 Å². The zero-order valence-electron chi connectivity index (χ0n) is 11.2. The summed E-state index contributed by atoms with van der Waals surface area (Å²) in [5.41, 5.74) is 0.184. The molecule has 7 nitrogen and oxygen atoms in total. The molecule has 0 spiro atoms. The SMILES string of the molecule is O=C1CS(=O)(=O)c2cc(NS(=O)(=O)c3ccsc3Cl)ccc2N1. The van der Waals surface area contributed by atoms with Gasteiger partial charge in [-0.3, -0.25) is 9.52 Å². The molecule has 0 saturated heterocycles. The van der Waals surface area contributed by atoms with Gasteiger partial charge >= 0.3 is 0 Å². The van der Waals surface area contributed by atoms with Gasteiger partial charge in [-0.1, -0.05) is 11.6 Å². The number of halogens is 1. The summed E-state index contributed by atoms with van der Waals surface area (Å²) in [5, 5.41) is 3.96. The molecule has 0 fully saturated rings. The standard InChI is InChI=1S/C12H9ClN2O5S3/c13-12-9(3-4-21-12)23(19,20)15-7-1-2-8-10(5-7)22(17,18)6-11(16)14-8/h1-5,15H,6H2,(H,14,16). The Morgan fingerprint density at radius 1 is 1.26 bits per heavy atom. The average molecular weight is 393 g/mol. The van der Waals surface area contributed by atoms with E-state index in [1.54, 1.807) is 0 Å². The Labute approximate surface area is 141 Å². The molecule has 2 aromatic rings. The molecule has 2 N–H and O–H groups in total. The highest BCUT2D eigenvalue weighted by molar-refractivity contribution is 7.93. The third-order valence-corrected chi connectivity index (χ3v) is 7.52. The fraction of sp³-hybridized carbons (Fsp3) is 0.0833. The summed E-state index contributed by atoms with van der Waals surface area (Å²) >= 11 is 6.89. The van der Waals surface area contributed by atoms with Gasteiger partial charge in [0.25, 0.3) is 10.0 Å². The number of rotatable bonds is 3. The van der Waals surface area contributed by atoms with Gasteiger partial charge in [0.05, 0.1) is 16.3 Å². The number of anilines is 2. The molecule has 0 bridgehead atoms.